The summed E-state index contributed by atoms with van der Waals surface area (Å²) in [6.07, 6.45) is 1.80. The third kappa shape index (κ3) is 4.76. The Balaban J connectivity index is 1.96. The fourth-order valence-corrected chi connectivity index (χ4v) is 1.55. The molecule has 1 N–H and O–H groups in total. The molecule has 0 aromatic heterocycles. The number of rotatable bonds is 4. The van der Waals surface area contributed by atoms with Crippen molar-refractivity contribution in [3.8, 4) is 11.5 Å². The van der Waals surface area contributed by atoms with E-state index in [2.05, 4.69) is 31.3 Å². The van der Waals surface area contributed by atoms with E-state index < -0.39 is 0 Å². The van der Waals surface area contributed by atoms with Gasteiger partial charge in [-0.1, -0.05) is 18.2 Å². The highest BCUT2D eigenvalue weighted by Crippen LogP contribution is 2.20. The third-order valence-corrected chi connectivity index (χ3v) is 2.47. The number of hydrogen-bond acceptors (Lipinski definition) is 3. The van der Waals surface area contributed by atoms with Crippen LogP contribution < -0.4 is 10.2 Å². The van der Waals surface area contributed by atoms with Crippen LogP contribution in [0.15, 0.2) is 59.7 Å². The van der Waals surface area contributed by atoms with Crippen LogP contribution in [0.5, 0.6) is 11.5 Å². The summed E-state index contributed by atoms with van der Waals surface area (Å²) in [6.45, 7) is 6.21. The molecule has 0 radical (unpaired) electrons. The van der Waals surface area contributed by atoms with E-state index in [0.717, 1.165) is 17.1 Å². The van der Waals surface area contributed by atoms with Gasteiger partial charge >= 0.3 is 0 Å². The van der Waals surface area contributed by atoms with Gasteiger partial charge in [0.25, 0.3) is 0 Å². The Morgan fingerprint density at radius 2 is 1.50 bits per heavy atom. The van der Waals surface area contributed by atoms with Crippen LogP contribution in [-0.4, -0.2) is 11.8 Å². The van der Waals surface area contributed by atoms with Gasteiger partial charge in [-0.2, -0.15) is 5.10 Å². The summed E-state index contributed by atoms with van der Waals surface area (Å²) < 4.78 is 5.73. The zero-order valence-electron chi connectivity index (χ0n) is 12.1. The van der Waals surface area contributed by atoms with Crippen LogP contribution in [0.2, 0.25) is 0 Å². The van der Waals surface area contributed by atoms with Crippen molar-refractivity contribution in [3.63, 3.8) is 0 Å². The van der Waals surface area contributed by atoms with E-state index in [1.165, 1.54) is 0 Å². The van der Waals surface area contributed by atoms with Crippen LogP contribution in [0, 0.1) is 0 Å². The second kappa shape index (κ2) is 6.24. The van der Waals surface area contributed by atoms with E-state index in [-0.39, 0.29) is 5.54 Å². The molecule has 0 bridgehead atoms. The van der Waals surface area contributed by atoms with E-state index in [4.69, 9.17) is 4.74 Å². The van der Waals surface area contributed by atoms with Gasteiger partial charge in [-0.15, -0.1) is 0 Å². The molecule has 0 unspecified atom stereocenters. The van der Waals surface area contributed by atoms with Crippen molar-refractivity contribution in [1.82, 2.24) is 5.43 Å². The Bertz CT molecular complexity index is 554. The summed E-state index contributed by atoms with van der Waals surface area (Å²) >= 11 is 0. The molecule has 0 spiro atoms. The lowest BCUT2D eigenvalue weighted by Crippen LogP contribution is -2.31. The molecule has 0 saturated carbocycles. The van der Waals surface area contributed by atoms with Gasteiger partial charge in [-0.3, -0.25) is 0 Å². The lowest BCUT2D eigenvalue weighted by molar-refractivity contribution is 0.442. The van der Waals surface area contributed by atoms with Gasteiger partial charge < -0.3 is 10.2 Å². The molecule has 0 aliphatic carbocycles. The largest absolute Gasteiger partial charge is 0.457 e. The first-order chi connectivity index (χ1) is 9.53. The molecule has 0 amide bonds. The van der Waals surface area contributed by atoms with E-state index in [9.17, 15) is 0 Å². The summed E-state index contributed by atoms with van der Waals surface area (Å²) in [5, 5.41) is 4.21. The Morgan fingerprint density at radius 1 is 0.900 bits per heavy atom. The van der Waals surface area contributed by atoms with Crippen molar-refractivity contribution in [2.45, 2.75) is 26.3 Å². The summed E-state index contributed by atoms with van der Waals surface area (Å²) in [6, 6.07) is 17.6. The molecule has 0 aliphatic rings. The summed E-state index contributed by atoms with van der Waals surface area (Å²) in [4.78, 5) is 0. The predicted octanol–water partition coefficient (Wildman–Crippen LogP) is 4.20. The fourth-order valence-electron chi connectivity index (χ4n) is 1.55. The number of benzene rings is 2. The standard InChI is InChI=1S/C17H20N2O/c1-17(2,3)19-18-13-14-9-11-16(12-10-14)20-15-7-5-4-6-8-15/h4-13,19H,1-3H3/b18-13+. The molecule has 0 aliphatic heterocycles. The fraction of sp³-hybridized carbons (Fsp3) is 0.235. The van der Waals surface area contributed by atoms with Gasteiger partial charge in [0, 0.05) is 5.54 Å². The first-order valence-corrected chi connectivity index (χ1v) is 6.66. The van der Waals surface area contributed by atoms with Crippen molar-refractivity contribution in [3.05, 3.63) is 60.2 Å². The zero-order valence-corrected chi connectivity index (χ0v) is 12.1. The molecule has 104 valence electrons. The second-order valence-corrected chi connectivity index (χ2v) is 5.60. The number of ether oxygens (including phenoxy) is 1. The maximum absolute atomic E-state index is 5.73. The SMILES string of the molecule is CC(C)(C)N/N=C/c1ccc(Oc2ccccc2)cc1. The molecule has 3 heteroatoms. The van der Waals surface area contributed by atoms with E-state index >= 15 is 0 Å². The van der Waals surface area contributed by atoms with E-state index in [1.807, 2.05) is 54.6 Å². The van der Waals surface area contributed by atoms with Crippen molar-refractivity contribution < 1.29 is 4.74 Å². The number of nitrogens with one attached hydrogen (secondary N) is 1. The minimum atomic E-state index is -0.0210. The predicted molar refractivity (Wildman–Crippen MR) is 83.4 cm³/mol. The van der Waals surface area contributed by atoms with Crippen LogP contribution in [0.1, 0.15) is 26.3 Å². The normalized spacial score (nSPS) is 11.6. The summed E-state index contributed by atoms with van der Waals surface area (Å²) in [5.74, 6) is 1.65. The minimum absolute atomic E-state index is 0.0210. The van der Waals surface area contributed by atoms with Crippen molar-refractivity contribution >= 4 is 6.21 Å². The summed E-state index contributed by atoms with van der Waals surface area (Å²) in [5.41, 5.74) is 4.07. The monoisotopic (exact) mass is 268 g/mol. The molecule has 20 heavy (non-hydrogen) atoms. The molecule has 3 nitrogen and oxygen atoms in total. The first-order valence-electron chi connectivity index (χ1n) is 6.66. The van der Waals surface area contributed by atoms with Crippen LogP contribution in [0.3, 0.4) is 0 Å². The maximum atomic E-state index is 5.73. The smallest absolute Gasteiger partial charge is 0.127 e. The number of hydrazone groups is 1. The topological polar surface area (TPSA) is 33.6 Å². The van der Waals surface area contributed by atoms with Crippen molar-refractivity contribution in [2.24, 2.45) is 5.10 Å². The van der Waals surface area contributed by atoms with Crippen LogP contribution >= 0.6 is 0 Å². The van der Waals surface area contributed by atoms with Gasteiger partial charge in [-0.25, -0.2) is 0 Å². The molecule has 2 aromatic carbocycles. The van der Waals surface area contributed by atoms with Gasteiger partial charge in [0.15, 0.2) is 0 Å². The molecule has 0 fully saturated rings. The van der Waals surface area contributed by atoms with E-state index in [1.54, 1.807) is 6.21 Å². The molecular formula is C17H20N2O. The molecule has 0 heterocycles. The van der Waals surface area contributed by atoms with Crippen LogP contribution in [0.4, 0.5) is 0 Å². The van der Waals surface area contributed by atoms with Crippen LogP contribution in [-0.2, 0) is 0 Å². The first kappa shape index (κ1) is 14.1. The lowest BCUT2D eigenvalue weighted by Gasteiger charge is -2.16. The van der Waals surface area contributed by atoms with Gasteiger partial charge in [0.1, 0.15) is 11.5 Å². The Hall–Kier alpha value is -2.29. The van der Waals surface area contributed by atoms with E-state index in [0.29, 0.717) is 0 Å². The van der Waals surface area contributed by atoms with Gasteiger partial charge in [0.05, 0.1) is 6.21 Å². The highest BCUT2D eigenvalue weighted by Gasteiger charge is 2.05. The second-order valence-electron chi connectivity index (χ2n) is 5.60. The number of nitrogens with zero attached hydrogens (tertiary/aromatic N) is 1. The maximum Gasteiger partial charge on any atom is 0.127 e. The van der Waals surface area contributed by atoms with Crippen molar-refractivity contribution in [1.29, 1.82) is 0 Å². The highest BCUT2D eigenvalue weighted by molar-refractivity contribution is 5.79. The van der Waals surface area contributed by atoms with Crippen molar-refractivity contribution in [2.75, 3.05) is 0 Å². The zero-order chi connectivity index (χ0) is 14.4. The quantitative estimate of drug-likeness (QED) is 0.666. The average Bonchev–Trinajstić information content (AvgIpc) is 2.41. The van der Waals surface area contributed by atoms with Crippen LogP contribution in [0.25, 0.3) is 0 Å². The third-order valence-electron chi connectivity index (χ3n) is 2.47. The average molecular weight is 268 g/mol. The Morgan fingerprint density at radius 3 is 2.10 bits per heavy atom. The minimum Gasteiger partial charge on any atom is -0.457 e. The highest BCUT2D eigenvalue weighted by atomic mass is 16.5. The molecule has 0 atom stereocenters. The number of hydrogen-bond donors (Lipinski definition) is 1. The molecule has 2 rings (SSSR count). The molecule has 0 saturated heterocycles. The van der Waals surface area contributed by atoms with Gasteiger partial charge in [-0.05, 0) is 62.7 Å². The molecular weight excluding hydrogens is 248 g/mol. The Labute approximate surface area is 120 Å². The summed E-state index contributed by atoms with van der Waals surface area (Å²) in [7, 11) is 0. The number of para-hydroxylation sites is 1. The van der Waals surface area contributed by atoms with Gasteiger partial charge in [0.2, 0.25) is 0 Å². The lowest BCUT2D eigenvalue weighted by atomic mass is 10.1. The molecule has 2 aromatic rings. The Kier molecular flexibility index (Phi) is 4.41.